The minimum Gasteiger partial charge on any atom is -0.321 e. The number of nitro benzene ring substituents is 1. The molecule has 8 heteroatoms. The lowest BCUT2D eigenvalue weighted by atomic mass is 9.94. The van der Waals surface area contributed by atoms with Crippen LogP contribution in [0, 0.1) is 33.3 Å². The van der Waals surface area contributed by atoms with Crippen molar-refractivity contribution in [3.05, 3.63) is 39.9 Å². The van der Waals surface area contributed by atoms with E-state index in [1.54, 1.807) is 18.2 Å². The maximum Gasteiger partial charge on any atom is 0.272 e. The van der Waals surface area contributed by atoms with Gasteiger partial charge >= 0.3 is 0 Å². The summed E-state index contributed by atoms with van der Waals surface area (Å²) in [5, 5.41) is 23.4. The third-order valence-electron chi connectivity index (χ3n) is 4.22. The molecule has 0 bridgehead atoms. The molecule has 0 aliphatic carbocycles. The average molecular weight is 395 g/mol. The summed E-state index contributed by atoms with van der Waals surface area (Å²) in [4.78, 5) is 10.9. The number of hydrogen-bond acceptors (Lipinski definition) is 6. The molecule has 0 aliphatic rings. The fourth-order valence-electron chi connectivity index (χ4n) is 2.82. The van der Waals surface area contributed by atoms with E-state index in [0.29, 0.717) is 24.0 Å². The van der Waals surface area contributed by atoms with E-state index in [-0.39, 0.29) is 35.6 Å². The Morgan fingerprint density at radius 1 is 1.19 bits per heavy atom. The SMILES string of the molecule is CC(COP(NC(C(C)C)C(C)C)OCCC#N)c1ccccc1[N+](=O)[O-]. The number of para-hydroxylation sites is 1. The van der Waals surface area contributed by atoms with E-state index >= 15 is 0 Å². The van der Waals surface area contributed by atoms with Crippen molar-refractivity contribution in [2.24, 2.45) is 11.8 Å². The average Bonchev–Trinajstić information content (AvgIpc) is 2.62. The second-order valence-electron chi connectivity index (χ2n) is 7.15. The number of hydrogen-bond donors (Lipinski definition) is 1. The Balaban J connectivity index is 2.80. The van der Waals surface area contributed by atoms with E-state index in [1.165, 1.54) is 6.07 Å². The zero-order valence-corrected chi connectivity index (χ0v) is 17.6. The van der Waals surface area contributed by atoms with Gasteiger partial charge in [0, 0.05) is 23.6 Å². The van der Waals surface area contributed by atoms with Crippen LogP contribution in [0.4, 0.5) is 5.69 Å². The van der Waals surface area contributed by atoms with Gasteiger partial charge < -0.3 is 9.05 Å². The van der Waals surface area contributed by atoms with Crippen LogP contribution in [0.25, 0.3) is 0 Å². The molecular weight excluding hydrogens is 365 g/mol. The van der Waals surface area contributed by atoms with Gasteiger partial charge in [0.05, 0.1) is 30.6 Å². The highest BCUT2D eigenvalue weighted by Crippen LogP contribution is 2.38. The molecule has 2 unspecified atom stereocenters. The topological polar surface area (TPSA) is 97.4 Å². The van der Waals surface area contributed by atoms with E-state index in [0.717, 1.165) is 0 Å². The van der Waals surface area contributed by atoms with Crippen molar-refractivity contribution in [3.63, 3.8) is 0 Å². The molecule has 27 heavy (non-hydrogen) atoms. The van der Waals surface area contributed by atoms with Crippen molar-refractivity contribution in [1.29, 1.82) is 5.26 Å². The van der Waals surface area contributed by atoms with Gasteiger partial charge in [0.25, 0.3) is 14.2 Å². The molecule has 0 aromatic heterocycles. The van der Waals surface area contributed by atoms with E-state index in [2.05, 4.69) is 38.9 Å². The zero-order chi connectivity index (χ0) is 20.4. The molecule has 1 N–H and O–H groups in total. The zero-order valence-electron chi connectivity index (χ0n) is 16.7. The van der Waals surface area contributed by atoms with E-state index in [1.807, 2.05) is 6.92 Å². The molecule has 2 atom stereocenters. The van der Waals surface area contributed by atoms with Crippen molar-refractivity contribution < 1.29 is 14.0 Å². The lowest BCUT2D eigenvalue weighted by molar-refractivity contribution is -0.385. The Labute approximate surface area is 163 Å². The Hall–Kier alpha value is -1.58. The molecule has 0 heterocycles. The van der Waals surface area contributed by atoms with Gasteiger partial charge in [-0.2, -0.15) is 5.26 Å². The summed E-state index contributed by atoms with van der Waals surface area (Å²) in [6.07, 6.45) is 0.289. The van der Waals surface area contributed by atoms with Crippen LogP contribution in [0.15, 0.2) is 24.3 Å². The summed E-state index contributed by atoms with van der Waals surface area (Å²) in [5.41, 5.74) is 0.734. The van der Waals surface area contributed by atoms with E-state index < -0.39 is 8.53 Å². The number of rotatable bonds is 12. The number of benzene rings is 1. The molecule has 0 saturated heterocycles. The number of nitrogens with zero attached hydrogens (tertiary/aromatic N) is 2. The lowest BCUT2D eigenvalue weighted by Gasteiger charge is -2.30. The third kappa shape index (κ3) is 7.90. The second-order valence-corrected chi connectivity index (χ2v) is 8.44. The summed E-state index contributed by atoms with van der Waals surface area (Å²) in [7, 11) is -1.40. The summed E-state index contributed by atoms with van der Waals surface area (Å²) in [5.74, 6) is 0.631. The molecule has 1 aromatic rings. The van der Waals surface area contributed by atoms with Crippen LogP contribution in [-0.4, -0.2) is 24.2 Å². The van der Waals surface area contributed by atoms with Crippen LogP contribution >= 0.6 is 8.53 Å². The Morgan fingerprint density at radius 2 is 1.81 bits per heavy atom. The molecular formula is C19H30N3O4P. The van der Waals surface area contributed by atoms with Gasteiger partial charge in [0.15, 0.2) is 0 Å². The first-order valence-corrected chi connectivity index (χ1v) is 10.4. The fourth-order valence-corrected chi connectivity index (χ4v) is 4.49. The largest absolute Gasteiger partial charge is 0.321 e. The maximum absolute atomic E-state index is 11.2. The second kappa shape index (κ2) is 12.0. The number of nitriles is 1. The smallest absolute Gasteiger partial charge is 0.272 e. The molecule has 150 valence electrons. The monoisotopic (exact) mass is 395 g/mol. The normalized spacial score (nSPS) is 13.7. The van der Waals surface area contributed by atoms with Crippen LogP contribution in [0.3, 0.4) is 0 Å². The minimum atomic E-state index is -1.40. The summed E-state index contributed by atoms with van der Waals surface area (Å²) < 4.78 is 11.7. The van der Waals surface area contributed by atoms with Crippen molar-refractivity contribution in [2.45, 2.75) is 53.0 Å². The van der Waals surface area contributed by atoms with Gasteiger partial charge in [-0.25, -0.2) is 5.09 Å². The van der Waals surface area contributed by atoms with Gasteiger partial charge in [0.1, 0.15) is 0 Å². The highest BCUT2D eigenvalue weighted by Gasteiger charge is 2.25. The van der Waals surface area contributed by atoms with Crippen LogP contribution in [-0.2, 0) is 9.05 Å². The molecule has 0 fully saturated rings. The summed E-state index contributed by atoms with van der Waals surface area (Å²) in [6, 6.07) is 8.97. The summed E-state index contributed by atoms with van der Waals surface area (Å²) >= 11 is 0. The number of nitro groups is 1. The van der Waals surface area contributed by atoms with Crippen LogP contribution in [0.1, 0.15) is 52.5 Å². The Kier molecular flexibility index (Phi) is 10.4. The highest BCUT2D eigenvalue weighted by atomic mass is 31.2. The first kappa shape index (κ1) is 23.5. The van der Waals surface area contributed by atoms with Gasteiger partial charge in [-0.15, -0.1) is 0 Å². The van der Waals surface area contributed by atoms with E-state index in [9.17, 15) is 10.1 Å². The Bertz CT molecular complexity index is 626. The van der Waals surface area contributed by atoms with Crippen LogP contribution < -0.4 is 5.09 Å². The van der Waals surface area contributed by atoms with Crippen LogP contribution in [0.2, 0.25) is 0 Å². The van der Waals surface area contributed by atoms with Crippen molar-refractivity contribution in [2.75, 3.05) is 13.2 Å². The predicted molar refractivity (Wildman–Crippen MR) is 107 cm³/mol. The molecule has 0 amide bonds. The molecule has 0 spiro atoms. The van der Waals surface area contributed by atoms with Gasteiger partial charge in [-0.3, -0.25) is 10.1 Å². The highest BCUT2D eigenvalue weighted by molar-refractivity contribution is 7.45. The molecule has 1 aromatic carbocycles. The number of nitrogens with one attached hydrogen (secondary N) is 1. The maximum atomic E-state index is 11.2. The van der Waals surface area contributed by atoms with Gasteiger partial charge in [0.2, 0.25) is 0 Å². The first-order chi connectivity index (χ1) is 12.8. The molecule has 1 rings (SSSR count). The standard InChI is InChI=1S/C19H30N3O4P/c1-14(2)19(15(3)4)21-27(25-12-8-11-20)26-13-16(5)17-9-6-7-10-18(17)22(23)24/h6-7,9-10,14-16,19,21H,8,12-13H2,1-5H3. The fraction of sp³-hybridized carbons (Fsp3) is 0.632. The summed E-state index contributed by atoms with van der Waals surface area (Å²) in [6.45, 7) is 11.0. The van der Waals surface area contributed by atoms with Gasteiger partial charge in [-0.05, 0) is 11.8 Å². The Morgan fingerprint density at radius 3 is 2.37 bits per heavy atom. The quantitative estimate of drug-likeness (QED) is 0.228. The third-order valence-corrected chi connectivity index (χ3v) is 5.53. The van der Waals surface area contributed by atoms with E-state index in [4.69, 9.17) is 14.3 Å². The predicted octanol–water partition coefficient (Wildman–Crippen LogP) is 5.14. The van der Waals surface area contributed by atoms with Crippen molar-refractivity contribution in [1.82, 2.24) is 5.09 Å². The molecule has 0 radical (unpaired) electrons. The van der Waals surface area contributed by atoms with Gasteiger partial charge in [-0.1, -0.05) is 52.8 Å². The van der Waals surface area contributed by atoms with Crippen molar-refractivity contribution >= 4 is 14.2 Å². The lowest BCUT2D eigenvalue weighted by Crippen LogP contribution is -2.36. The minimum absolute atomic E-state index is 0.0959. The molecule has 7 nitrogen and oxygen atoms in total. The molecule has 0 saturated carbocycles. The molecule has 0 aliphatic heterocycles. The van der Waals surface area contributed by atoms with Crippen LogP contribution in [0.5, 0.6) is 0 Å². The first-order valence-electron chi connectivity index (χ1n) is 9.20. The van der Waals surface area contributed by atoms with Crippen molar-refractivity contribution in [3.8, 4) is 6.07 Å².